The van der Waals surface area contributed by atoms with E-state index in [0.717, 1.165) is 4.90 Å². The molecule has 7 nitrogen and oxygen atoms in total. The number of rotatable bonds is 5. The Labute approximate surface area is 204 Å². The third-order valence-corrected chi connectivity index (χ3v) is 7.16. The summed E-state index contributed by atoms with van der Waals surface area (Å²) in [4.78, 5) is 51.5. The molecule has 4 atom stereocenters. The molecule has 1 aliphatic heterocycles. The van der Waals surface area contributed by atoms with Gasteiger partial charge in [0.25, 0.3) is 5.91 Å². The minimum Gasteiger partial charge on any atom is -0.452 e. The Bertz CT molecular complexity index is 1100. The number of hydrogen-bond acceptors (Lipinski definition) is 5. The average Bonchev–Trinajstić information content (AvgIpc) is 3.03. The van der Waals surface area contributed by atoms with Gasteiger partial charge in [0.1, 0.15) is 0 Å². The lowest BCUT2D eigenvalue weighted by Gasteiger charge is -2.28. The molecule has 2 aromatic rings. The van der Waals surface area contributed by atoms with Gasteiger partial charge in [-0.3, -0.25) is 19.3 Å². The van der Waals surface area contributed by atoms with Gasteiger partial charge in [-0.15, -0.1) is 23.2 Å². The van der Waals surface area contributed by atoms with Crippen LogP contribution in [0.2, 0.25) is 5.02 Å². The van der Waals surface area contributed by atoms with Gasteiger partial charge in [0.15, 0.2) is 6.61 Å². The van der Waals surface area contributed by atoms with Gasteiger partial charge < -0.3 is 10.1 Å². The Morgan fingerprint density at radius 1 is 0.970 bits per heavy atom. The molecule has 1 saturated carbocycles. The molecule has 0 spiro atoms. The number of nitrogens with zero attached hydrogens (tertiary/aromatic N) is 1. The molecule has 1 heterocycles. The molecular formula is C23H19Cl3N2O5. The Morgan fingerprint density at radius 2 is 1.61 bits per heavy atom. The maximum Gasteiger partial charge on any atom is 0.338 e. The lowest BCUT2D eigenvalue weighted by Crippen LogP contribution is -2.34. The molecule has 0 unspecified atom stereocenters. The summed E-state index contributed by atoms with van der Waals surface area (Å²) >= 11 is 18.4. The molecule has 1 N–H and O–H groups in total. The van der Waals surface area contributed by atoms with Gasteiger partial charge in [-0.05, 0) is 43.2 Å². The van der Waals surface area contributed by atoms with Crippen molar-refractivity contribution in [1.82, 2.24) is 0 Å². The van der Waals surface area contributed by atoms with Crippen LogP contribution in [0, 0.1) is 11.8 Å². The number of ether oxygens (including phenoxy) is 1. The van der Waals surface area contributed by atoms with E-state index in [1.54, 1.807) is 30.3 Å². The van der Waals surface area contributed by atoms with Crippen molar-refractivity contribution >= 4 is 69.9 Å². The van der Waals surface area contributed by atoms with Crippen LogP contribution in [-0.2, 0) is 19.1 Å². The second kappa shape index (κ2) is 9.71. The number of hydrogen-bond donors (Lipinski definition) is 1. The normalized spacial score (nSPS) is 24.4. The zero-order valence-corrected chi connectivity index (χ0v) is 19.4. The van der Waals surface area contributed by atoms with Crippen molar-refractivity contribution in [2.75, 3.05) is 16.8 Å². The highest BCUT2D eigenvalue weighted by Crippen LogP contribution is 2.43. The van der Waals surface area contributed by atoms with Crippen molar-refractivity contribution in [3.63, 3.8) is 0 Å². The van der Waals surface area contributed by atoms with Gasteiger partial charge in [0, 0.05) is 0 Å². The van der Waals surface area contributed by atoms with Crippen LogP contribution < -0.4 is 10.2 Å². The molecule has 2 aliphatic rings. The molecule has 1 saturated heterocycles. The summed E-state index contributed by atoms with van der Waals surface area (Å²) in [6.45, 7) is -0.534. The predicted molar refractivity (Wildman–Crippen MR) is 125 cm³/mol. The average molecular weight is 510 g/mol. The van der Waals surface area contributed by atoms with Crippen LogP contribution >= 0.6 is 34.8 Å². The number of esters is 1. The van der Waals surface area contributed by atoms with Crippen molar-refractivity contribution < 1.29 is 23.9 Å². The predicted octanol–water partition coefficient (Wildman–Crippen LogP) is 4.25. The molecule has 0 aromatic heterocycles. The van der Waals surface area contributed by atoms with E-state index in [9.17, 15) is 19.2 Å². The maximum absolute atomic E-state index is 12.9. The third-order valence-electron chi connectivity index (χ3n) is 5.73. The number of nitrogens with one attached hydrogen (secondary N) is 1. The topological polar surface area (TPSA) is 92.8 Å². The molecular weight excluding hydrogens is 491 g/mol. The highest BCUT2D eigenvalue weighted by atomic mass is 35.5. The fraction of sp³-hybridized carbons (Fsp3) is 0.304. The van der Waals surface area contributed by atoms with E-state index in [1.807, 2.05) is 0 Å². The van der Waals surface area contributed by atoms with Gasteiger partial charge in [-0.1, -0.05) is 29.8 Å². The highest BCUT2D eigenvalue weighted by molar-refractivity contribution is 6.33. The zero-order valence-electron chi connectivity index (χ0n) is 17.2. The number of alkyl halides is 2. The van der Waals surface area contributed by atoms with Crippen LogP contribution in [-0.4, -0.2) is 41.1 Å². The van der Waals surface area contributed by atoms with Gasteiger partial charge in [0.2, 0.25) is 11.8 Å². The Balaban J connectivity index is 1.43. The number of anilines is 2. The first-order valence-corrected chi connectivity index (χ1v) is 11.5. The summed E-state index contributed by atoms with van der Waals surface area (Å²) in [6.07, 6.45) is 0.646. The lowest BCUT2D eigenvalue weighted by atomic mass is 9.80. The molecule has 10 heteroatoms. The van der Waals surface area contributed by atoms with Crippen LogP contribution in [0.25, 0.3) is 0 Å². The standard InChI is InChI=1S/C23H19Cl3N2O5/c24-16-6-1-2-7-19(16)27-20(29)11-33-23(32)12-4-3-5-13(8-12)28-21(30)14-9-17(25)18(26)10-15(14)22(28)31/h1-8,14-15,17-18H,9-11H2,(H,27,29)/t14-,15+,17-,18-/m0/s1. The first-order valence-electron chi connectivity index (χ1n) is 10.2. The number of para-hydroxylation sites is 1. The fourth-order valence-corrected chi connectivity index (χ4v) is 4.86. The van der Waals surface area contributed by atoms with Crippen molar-refractivity contribution in [2.24, 2.45) is 11.8 Å². The SMILES string of the molecule is O=C(COC(=O)c1cccc(N2C(=O)[C@H]3C[C@H](Cl)[C@@H](Cl)C[C@H]3C2=O)c1)Nc1ccccc1Cl. The first kappa shape index (κ1) is 23.5. The van der Waals surface area contributed by atoms with Crippen LogP contribution in [0.3, 0.4) is 0 Å². The molecule has 4 rings (SSSR count). The summed E-state index contributed by atoms with van der Waals surface area (Å²) in [5.41, 5.74) is 0.749. The Kier molecular flexibility index (Phi) is 6.93. The number of carbonyl (C=O) groups excluding carboxylic acids is 4. The minimum atomic E-state index is -0.774. The third kappa shape index (κ3) is 4.86. The van der Waals surface area contributed by atoms with Gasteiger partial charge in [-0.2, -0.15) is 0 Å². The molecule has 0 radical (unpaired) electrons. The van der Waals surface area contributed by atoms with E-state index < -0.39 is 30.3 Å². The minimum absolute atomic E-state index is 0.0963. The number of imide groups is 1. The summed E-state index contributed by atoms with van der Waals surface area (Å²) in [6, 6.07) is 12.6. The number of amides is 3. The fourth-order valence-electron chi connectivity index (χ4n) is 4.08. The monoisotopic (exact) mass is 508 g/mol. The van der Waals surface area contributed by atoms with E-state index in [-0.39, 0.29) is 33.8 Å². The molecule has 0 bridgehead atoms. The molecule has 1 aliphatic carbocycles. The number of benzene rings is 2. The van der Waals surface area contributed by atoms with Crippen molar-refractivity contribution in [2.45, 2.75) is 23.6 Å². The summed E-state index contributed by atoms with van der Waals surface area (Å²) < 4.78 is 5.08. The maximum atomic E-state index is 12.9. The second-order valence-corrected chi connectivity index (χ2v) is 9.41. The van der Waals surface area contributed by atoms with E-state index in [1.165, 1.54) is 18.2 Å². The Hall–Kier alpha value is -2.61. The molecule has 33 heavy (non-hydrogen) atoms. The van der Waals surface area contributed by atoms with Crippen LogP contribution in [0.4, 0.5) is 11.4 Å². The molecule has 3 amide bonds. The van der Waals surface area contributed by atoms with Crippen LogP contribution in [0.5, 0.6) is 0 Å². The van der Waals surface area contributed by atoms with Gasteiger partial charge in [-0.25, -0.2) is 4.79 Å². The number of halogens is 3. The smallest absolute Gasteiger partial charge is 0.338 e. The van der Waals surface area contributed by atoms with Crippen LogP contribution in [0.1, 0.15) is 23.2 Å². The largest absolute Gasteiger partial charge is 0.452 e. The van der Waals surface area contributed by atoms with E-state index in [0.29, 0.717) is 23.6 Å². The van der Waals surface area contributed by atoms with E-state index >= 15 is 0 Å². The van der Waals surface area contributed by atoms with E-state index in [4.69, 9.17) is 39.5 Å². The first-order chi connectivity index (χ1) is 15.8. The molecule has 2 fully saturated rings. The van der Waals surface area contributed by atoms with Crippen molar-refractivity contribution in [3.8, 4) is 0 Å². The molecule has 2 aromatic carbocycles. The summed E-state index contributed by atoms with van der Waals surface area (Å²) in [7, 11) is 0. The Morgan fingerprint density at radius 3 is 2.24 bits per heavy atom. The second-order valence-electron chi connectivity index (χ2n) is 7.88. The van der Waals surface area contributed by atoms with Gasteiger partial charge >= 0.3 is 5.97 Å². The summed E-state index contributed by atoms with van der Waals surface area (Å²) in [5.74, 6) is -3.11. The zero-order chi connectivity index (χ0) is 23.7. The van der Waals surface area contributed by atoms with E-state index in [2.05, 4.69) is 5.32 Å². The lowest BCUT2D eigenvalue weighted by molar-refractivity contribution is -0.122. The highest BCUT2D eigenvalue weighted by Gasteiger charge is 2.52. The van der Waals surface area contributed by atoms with Crippen molar-refractivity contribution in [1.29, 1.82) is 0 Å². The van der Waals surface area contributed by atoms with Crippen molar-refractivity contribution in [3.05, 3.63) is 59.1 Å². The number of fused-ring (bicyclic) bond motifs is 1. The molecule has 172 valence electrons. The quantitative estimate of drug-likeness (QED) is 0.370. The summed E-state index contributed by atoms with van der Waals surface area (Å²) in [5, 5.41) is 2.13. The van der Waals surface area contributed by atoms with Crippen LogP contribution in [0.15, 0.2) is 48.5 Å². The van der Waals surface area contributed by atoms with Gasteiger partial charge in [0.05, 0.1) is 44.6 Å². The number of carbonyl (C=O) groups is 4.